The second-order valence-corrected chi connectivity index (χ2v) is 5.44. The topological polar surface area (TPSA) is 15.3 Å². The van der Waals surface area contributed by atoms with Gasteiger partial charge in [-0.05, 0) is 30.3 Å². The van der Waals surface area contributed by atoms with E-state index in [9.17, 15) is 13.2 Å². The molecular formula is C15H9Cl2F3N2. The third-order valence-corrected chi connectivity index (χ3v) is 3.79. The summed E-state index contributed by atoms with van der Waals surface area (Å²) >= 11 is 11.8. The number of alkyl halides is 1. The molecule has 0 aromatic heterocycles. The number of nitrogens with zero attached hydrogens (tertiary/aromatic N) is 1. The van der Waals surface area contributed by atoms with Crippen molar-refractivity contribution in [3.8, 4) is 0 Å². The van der Waals surface area contributed by atoms with Gasteiger partial charge >= 0.3 is 0 Å². The van der Waals surface area contributed by atoms with Crippen LogP contribution in [0.2, 0.25) is 5.02 Å². The number of rotatable bonds is 2. The second kappa shape index (κ2) is 5.74. The SMILES string of the molecule is Fc1cc(Cl)ccc1N1C(c2c(F)cccc2F)=CNC1Cl. The average Bonchev–Trinajstić information content (AvgIpc) is 2.81. The Morgan fingerprint density at radius 3 is 2.32 bits per heavy atom. The fourth-order valence-corrected chi connectivity index (χ4v) is 2.71. The molecule has 0 aliphatic carbocycles. The third-order valence-electron chi connectivity index (χ3n) is 3.23. The van der Waals surface area contributed by atoms with Crippen LogP contribution in [0, 0.1) is 17.5 Å². The van der Waals surface area contributed by atoms with Crippen molar-refractivity contribution in [2.24, 2.45) is 0 Å². The zero-order valence-electron chi connectivity index (χ0n) is 11.0. The minimum Gasteiger partial charge on any atom is -0.357 e. The van der Waals surface area contributed by atoms with Gasteiger partial charge in [-0.1, -0.05) is 29.3 Å². The number of nitrogens with one attached hydrogen (secondary N) is 1. The summed E-state index contributed by atoms with van der Waals surface area (Å²) in [7, 11) is 0. The molecule has 2 nitrogen and oxygen atoms in total. The molecule has 114 valence electrons. The van der Waals surface area contributed by atoms with Crippen molar-refractivity contribution in [2.45, 2.75) is 5.62 Å². The third kappa shape index (κ3) is 2.51. The molecule has 1 unspecified atom stereocenters. The van der Waals surface area contributed by atoms with E-state index in [2.05, 4.69) is 5.32 Å². The van der Waals surface area contributed by atoms with Gasteiger partial charge < -0.3 is 10.2 Å². The summed E-state index contributed by atoms with van der Waals surface area (Å²) < 4.78 is 42.1. The van der Waals surface area contributed by atoms with Gasteiger partial charge in [0.05, 0.1) is 16.9 Å². The highest BCUT2D eigenvalue weighted by Gasteiger charge is 2.31. The van der Waals surface area contributed by atoms with E-state index in [4.69, 9.17) is 23.2 Å². The first-order valence-corrected chi connectivity index (χ1v) is 7.09. The van der Waals surface area contributed by atoms with Crippen molar-refractivity contribution in [3.05, 3.63) is 70.6 Å². The van der Waals surface area contributed by atoms with E-state index in [1.807, 2.05) is 0 Å². The molecule has 2 aromatic rings. The molecule has 0 saturated heterocycles. The van der Waals surface area contributed by atoms with Crippen LogP contribution in [0.4, 0.5) is 18.9 Å². The zero-order valence-corrected chi connectivity index (χ0v) is 12.5. The lowest BCUT2D eigenvalue weighted by Gasteiger charge is -2.26. The minimum absolute atomic E-state index is 0.0586. The summed E-state index contributed by atoms with van der Waals surface area (Å²) in [5.41, 5.74) is -1.02. The Bertz CT molecular complexity index is 744. The van der Waals surface area contributed by atoms with Crippen LogP contribution in [0.15, 0.2) is 42.6 Å². The number of halogens is 5. The Kier molecular flexibility index (Phi) is 3.93. The van der Waals surface area contributed by atoms with Crippen LogP contribution in [0.3, 0.4) is 0 Å². The standard InChI is InChI=1S/C15H9Cl2F3N2/c16-8-4-5-12(11(20)6-8)22-13(7-21-15(22)17)14-9(18)2-1-3-10(14)19/h1-7,15,21H. The highest BCUT2D eigenvalue weighted by atomic mass is 35.5. The van der Waals surface area contributed by atoms with E-state index in [0.717, 1.165) is 18.2 Å². The summed E-state index contributed by atoms with van der Waals surface area (Å²) in [5.74, 6) is -2.18. The molecule has 3 rings (SSSR count). The quantitative estimate of drug-likeness (QED) is 0.628. The van der Waals surface area contributed by atoms with Crippen LogP contribution in [-0.4, -0.2) is 5.62 Å². The zero-order chi connectivity index (χ0) is 15.9. The van der Waals surface area contributed by atoms with Crippen molar-refractivity contribution >= 4 is 34.6 Å². The Labute approximate surface area is 134 Å². The van der Waals surface area contributed by atoms with Gasteiger partial charge in [-0.3, -0.25) is 0 Å². The van der Waals surface area contributed by atoms with Crippen LogP contribution < -0.4 is 10.2 Å². The first kappa shape index (κ1) is 15.1. The van der Waals surface area contributed by atoms with E-state index >= 15 is 0 Å². The van der Waals surface area contributed by atoms with Crippen molar-refractivity contribution < 1.29 is 13.2 Å². The predicted octanol–water partition coefficient (Wildman–Crippen LogP) is 4.69. The maximum Gasteiger partial charge on any atom is 0.181 e. The van der Waals surface area contributed by atoms with E-state index in [-0.39, 0.29) is 22.0 Å². The summed E-state index contributed by atoms with van der Waals surface area (Å²) in [6.07, 6.45) is 1.34. The maximum atomic E-state index is 14.1. The average molecular weight is 345 g/mol. The van der Waals surface area contributed by atoms with Crippen molar-refractivity contribution in [1.82, 2.24) is 5.32 Å². The van der Waals surface area contributed by atoms with Crippen LogP contribution in [0.1, 0.15) is 5.56 Å². The lowest BCUT2D eigenvalue weighted by molar-refractivity contribution is 0.575. The molecule has 0 amide bonds. The molecule has 1 aliphatic rings. The maximum absolute atomic E-state index is 14.1. The number of benzene rings is 2. The smallest absolute Gasteiger partial charge is 0.181 e. The summed E-state index contributed by atoms with van der Waals surface area (Å²) in [6, 6.07) is 7.47. The molecular weight excluding hydrogens is 336 g/mol. The number of hydrogen-bond donors (Lipinski definition) is 1. The van der Waals surface area contributed by atoms with Gasteiger partial charge in [0.2, 0.25) is 0 Å². The molecule has 22 heavy (non-hydrogen) atoms. The van der Waals surface area contributed by atoms with E-state index in [0.29, 0.717) is 0 Å². The fourth-order valence-electron chi connectivity index (χ4n) is 2.28. The molecule has 0 fully saturated rings. The van der Waals surface area contributed by atoms with Gasteiger partial charge in [0.25, 0.3) is 0 Å². The number of hydrogen-bond acceptors (Lipinski definition) is 2. The molecule has 0 bridgehead atoms. The largest absolute Gasteiger partial charge is 0.357 e. The van der Waals surface area contributed by atoms with Gasteiger partial charge in [0.15, 0.2) is 5.62 Å². The van der Waals surface area contributed by atoms with Crippen LogP contribution in [0.25, 0.3) is 5.70 Å². The highest BCUT2D eigenvalue weighted by Crippen LogP contribution is 2.36. The van der Waals surface area contributed by atoms with Gasteiger partial charge in [0.1, 0.15) is 17.5 Å². The van der Waals surface area contributed by atoms with Crippen LogP contribution >= 0.6 is 23.2 Å². The monoisotopic (exact) mass is 344 g/mol. The predicted molar refractivity (Wildman–Crippen MR) is 81.0 cm³/mol. The Morgan fingerprint density at radius 2 is 1.68 bits per heavy atom. The molecule has 1 N–H and O–H groups in total. The van der Waals surface area contributed by atoms with E-state index < -0.39 is 23.1 Å². The molecule has 7 heteroatoms. The van der Waals surface area contributed by atoms with E-state index in [1.54, 1.807) is 0 Å². The van der Waals surface area contributed by atoms with Gasteiger partial charge in [-0.2, -0.15) is 0 Å². The Hall–Kier alpha value is -1.85. The van der Waals surface area contributed by atoms with E-state index in [1.165, 1.54) is 29.3 Å². The molecule has 0 radical (unpaired) electrons. The second-order valence-electron chi connectivity index (χ2n) is 4.59. The normalized spacial score (nSPS) is 17.4. The van der Waals surface area contributed by atoms with Gasteiger partial charge in [-0.15, -0.1) is 0 Å². The van der Waals surface area contributed by atoms with Crippen LogP contribution in [0.5, 0.6) is 0 Å². The van der Waals surface area contributed by atoms with Crippen molar-refractivity contribution in [1.29, 1.82) is 0 Å². The Balaban J connectivity index is 2.12. The summed E-state index contributed by atoms with van der Waals surface area (Å²) in [5, 5.41) is 2.92. The fraction of sp³-hybridized carbons (Fsp3) is 0.0667. The van der Waals surface area contributed by atoms with Crippen LogP contribution in [-0.2, 0) is 0 Å². The lowest BCUT2D eigenvalue weighted by Crippen LogP contribution is -2.32. The first-order valence-electron chi connectivity index (χ1n) is 6.28. The van der Waals surface area contributed by atoms with Crippen molar-refractivity contribution in [3.63, 3.8) is 0 Å². The Morgan fingerprint density at radius 1 is 1.00 bits per heavy atom. The molecule has 1 aliphatic heterocycles. The molecule has 0 spiro atoms. The highest BCUT2D eigenvalue weighted by molar-refractivity contribution is 6.30. The molecule has 1 heterocycles. The van der Waals surface area contributed by atoms with Gasteiger partial charge in [0, 0.05) is 11.2 Å². The van der Waals surface area contributed by atoms with Gasteiger partial charge in [-0.25, -0.2) is 13.2 Å². The summed E-state index contributed by atoms with van der Waals surface area (Å²) in [6.45, 7) is 0. The van der Waals surface area contributed by atoms with Crippen molar-refractivity contribution in [2.75, 3.05) is 4.90 Å². The minimum atomic E-state index is -0.885. The first-order chi connectivity index (χ1) is 10.5. The lowest BCUT2D eigenvalue weighted by atomic mass is 10.1. The summed E-state index contributed by atoms with van der Waals surface area (Å²) in [4.78, 5) is 1.26. The molecule has 2 aromatic carbocycles. The number of anilines is 1. The molecule has 0 saturated carbocycles. The molecule has 1 atom stereocenters.